The molecule has 8 heteroatoms. The maximum Gasteiger partial charge on any atom is 0.490 e. The predicted molar refractivity (Wildman–Crippen MR) is 110 cm³/mol. The van der Waals surface area contributed by atoms with Gasteiger partial charge >= 0.3 is 18.1 Å². The Morgan fingerprint density at radius 2 is 1.91 bits per heavy atom. The van der Waals surface area contributed by atoms with Crippen LogP contribution in [0.4, 0.5) is 13.2 Å². The molecule has 0 unspecified atom stereocenters. The van der Waals surface area contributed by atoms with E-state index >= 15 is 0 Å². The van der Waals surface area contributed by atoms with Crippen molar-refractivity contribution >= 4 is 17.5 Å². The Labute approximate surface area is 184 Å². The van der Waals surface area contributed by atoms with Crippen molar-refractivity contribution in [2.45, 2.75) is 57.7 Å². The summed E-state index contributed by atoms with van der Waals surface area (Å²) in [6.45, 7) is 1.90. The summed E-state index contributed by atoms with van der Waals surface area (Å²) >= 11 is 0. The first kappa shape index (κ1) is 22.7. The Hall–Kier alpha value is -2.51. The molecule has 0 N–H and O–H groups in total. The van der Waals surface area contributed by atoms with Crippen LogP contribution in [0.2, 0.25) is 0 Å². The first-order chi connectivity index (χ1) is 15.2. The topological polar surface area (TPSA) is 61.8 Å². The number of halogens is 3. The third-order valence-electron chi connectivity index (χ3n) is 7.71. The number of benzene rings is 1. The second-order valence-electron chi connectivity index (χ2n) is 8.89. The van der Waals surface area contributed by atoms with Crippen molar-refractivity contribution in [3.8, 4) is 5.75 Å². The van der Waals surface area contributed by atoms with Crippen molar-refractivity contribution in [2.75, 3.05) is 14.2 Å². The first-order valence-electron chi connectivity index (χ1n) is 10.9. The molecule has 1 saturated carbocycles. The molecular weight excluding hydrogens is 425 g/mol. The van der Waals surface area contributed by atoms with Gasteiger partial charge in [0.15, 0.2) is 0 Å². The number of carbonyl (C=O) groups excluding carboxylic acids is 2. The number of fused-ring (bicyclic) bond motifs is 5. The lowest BCUT2D eigenvalue weighted by atomic mass is 9.56. The standard InChI is InChI=1S/C24H27F3O5/c1-4-23-12-17(21(28)31-3)20-15-8-6-14(30-2)11-13(15)5-7-16(20)18(23)9-10-19(23)32-22(29)24(25,26)27/h6,8,11,16,18-19H,4-5,7,9-10,12H2,1-3H3/t16-,18-,19-,23-/m0/s1. The molecule has 0 heterocycles. The summed E-state index contributed by atoms with van der Waals surface area (Å²) in [5.41, 5.74) is 2.75. The molecule has 1 fully saturated rings. The normalized spacial score (nSPS) is 29.0. The SMILES string of the molecule is CC[C@]12CC(C(=O)OC)=C3c4ccc(OC)cc4CC[C@H]3[C@@H]1CC[C@@H]2OC(=O)C(F)(F)F. The van der Waals surface area contributed by atoms with Gasteiger partial charge < -0.3 is 14.2 Å². The molecule has 0 saturated heterocycles. The molecule has 32 heavy (non-hydrogen) atoms. The average Bonchev–Trinajstić information content (AvgIpc) is 3.15. The minimum absolute atomic E-state index is 0.00622. The van der Waals surface area contributed by atoms with Crippen LogP contribution in [0, 0.1) is 17.3 Å². The molecule has 0 amide bonds. The minimum atomic E-state index is -5.04. The van der Waals surface area contributed by atoms with Crippen LogP contribution in [0.5, 0.6) is 5.75 Å². The first-order valence-corrected chi connectivity index (χ1v) is 10.9. The summed E-state index contributed by atoms with van der Waals surface area (Å²) in [4.78, 5) is 24.6. The van der Waals surface area contributed by atoms with Crippen molar-refractivity contribution in [3.63, 3.8) is 0 Å². The number of aryl methyl sites for hydroxylation is 1. The van der Waals surface area contributed by atoms with Crippen LogP contribution in [-0.4, -0.2) is 38.4 Å². The summed E-state index contributed by atoms with van der Waals surface area (Å²) < 4.78 is 54.3. The van der Waals surface area contributed by atoms with Gasteiger partial charge in [0.2, 0.25) is 0 Å². The van der Waals surface area contributed by atoms with Crippen LogP contribution in [0.3, 0.4) is 0 Å². The lowest BCUT2D eigenvalue weighted by molar-refractivity contribution is -0.210. The summed E-state index contributed by atoms with van der Waals surface area (Å²) in [6, 6.07) is 5.78. The summed E-state index contributed by atoms with van der Waals surface area (Å²) in [6.07, 6.45) is -2.64. The highest BCUT2D eigenvalue weighted by atomic mass is 19.4. The molecule has 1 aromatic carbocycles. The number of esters is 2. The molecule has 0 bridgehead atoms. The zero-order valence-electron chi connectivity index (χ0n) is 18.4. The lowest BCUT2D eigenvalue weighted by Gasteiger charge is -2.49. The number of carbonyl (C=O) groups is 2. The summed E-state index contributed by atoms with van der Waals surface area (Å²) in [7, 11) is 2.91. The third kappa shape index (κ3) is 3.48. The maximum absolute atomic E-state index is 12.9. The Bertz CT molecular complexity index is 967. The van der Waals surface area contributed by atoms with Crippen molar-refractivity contribution < 1.29 is 37.0 Å². The van der Waals surface area contributed by atoms with E-state index in [1.165, 1.54) is 7.11 Å². The largest absolute Gasteiger partial charge is 0.497 e. The Morgan fingerprint density at radius 1 is 1.16 bits per heavy atom. The van der Waals surface area contributed by atoms with Gasteiger partial charge in [-0.2, -0.15) is 13.2 Å². The fourth-order valence-corrected chi connectivity index (χ4v) is 6.32. The molecule has 1 aromatic rings. The molecule has 4 atom stereocenters. The number of alkyl halides is 3. The van der Waals surface area contributed by atoms with E-state index in [1.807, 2.05) is 25.1 Å². The van der Waals surface area contributed by atoms with Crippen LogP contribution in [0.1, 0.15) is 50.2 Å². The highest BCUT2D eigenvalue weighted by Gasteiger charge is 2.59. The molecule has 0 aliphatic heterocycles. The van der Waals surface area contributed by atoms with E-state index in [0.29, 0.717) is 24.8 Å². The van der Waals surface area contributed by atoms with Gasteiger partial charge in [0.25, 0.3) is 0 Å². The number of hydrogen-bond donors (Lipinski definition) is 0. The fourth-order valence-electron chi connectivity index (χ4n) is 6.32. The zero-order valence-corrected chi connectivity index (χ0v) is 18.4. The lowest BCUT2D eigenvalue weighted by Crippen LogP contribution is -2.47. The van der Waals surface area contributed by atoms with Crippen molar-refractivity contribution in [1.82, 2.24) is 0 Å². The van der Waals surface area contributed by atoms with E-state index in [0.717, 1.165) is 35.3 Å². The highest BCUT2D eigenvalue weighted by molar-refractivity contribution is 5.99. The number of rotatable bonds is 4. The van der Waals surface area contributed by atoms with Gasteiger partial charge in [0, 0.05) is 11.0 Å². The molecule has 4 rings (SSSR count). The van der Waals surface area contributed by atoms with Gasteiger partial charge in [-0.25, -0.2) is 9.59 Å². The zero-order chi connectivity index (χ0) is 23.3. The van der Waals surface area contributed by atoms with Gasteiger partial charge in [0.1, 0.15) is 11.9 Å². The highest BCUT2D eigenvalue weighted by Crippen LogP contribution is 2.63. The Morgan fingerprint density at radius 3 is 2.53 bits per heavy atom. The van der Waals surface area contributed by atoms with Crippen LogP contribution < -0.4 is 4.74 Å². The van der Waals surface area contributed by atoms with Gasteiger partial charge in [-0.3, -0.25) is 0 Å². The predicted octanol–water partition coefficient (Wildman–Crippen LogP) is 4.87. The molecule has 174 valence electrons. The molecule has 5 nitrogen and oxygen atoms in total. The van der Waals surface area contributed by atoms with E-state index in [-0.39, 0.29) is 18.3 Å². The van der Waals surface area contributed by atoms with E-state index < -0.39 is 29.6 Å². The van der Waals surface area contributed by atoms with Crippen LogP contribution in [0.15, 0.2) is 23.8 Å². The average molecular weight is 452 g/mol. The Balaban J connectivity index is 1.81. The van der Waals surface area contributed by atoms with Crippen LogP contribution >= 0.6 is 0 Å². The van der Waals surface area contributed by atoms with Gasteiger partial charge in [-0.05, 0) is 79.2 Å². The number of methoxy groups -OCH3 is 2. The molecule has 3 aliphatic carbocycles. The van der Waals surface area contributed by atoms with Crippen molar-refractivity contribution in [1.29, 1.82) is 0 Å². The number of allylic oxidation sites excluding steroid dienone is 1. The van der Waals surface area contributed by atoms with Crippen molar-refractivity contribution in [2.24, 2.45) is 17.3 Å². The smallest absolute Gasteiger partial charge is 0.490 e. The number of ether oxygens (including phenoxy) is 3. The molecule has 0 radical (unpaired) electrons. The van der Waals surface area contributed by atoms with Gasteiger partial charge in [0.05, 0.1) is 14.2 Å². The van der Waals surface area contributed by atoms with Crippen LogP contribution in [0.25, 0.3) is 5.57 Å². The van der Waals surface area contributed by atoms with Gasteiger partial charge in [-0.15, -0.1) is 0 Å². The second-order valence-corrected chi connectivity index (χ2v) is 8.89. The van der Waals surface area contributed by atoms with E-state index in [2.05, 4.69) is 0 Å². The molecule has 0 aromatic heterocycles. The fraction of sp³-hybridized carbons (Fsp3) is 0.583. The number of hydrogen-bond acceptors (Lipinski definition) is 5. The Kier molecular flexibility index (Phi) is 5.75. The van der Waals surface area contributed by atoms with Gasteiger partial charge in [-0.1, -0.05) is 13.0 Å². The second kappa shape index (κ2) is 8.12. The molecular formula is C24H27F3O5. The molecule has 0 spiro atoms. The summed E-state index contributed by atoms with van der Waals surface area (Å²) in [5.74, 6) is -1.88. The van der Waals surface area contributed by atoms with E-state index in [4.69, 9.17) is 14.2 Å². The third-order valence-corrected chi connectivity index (χ3v) is 7.71. The van der Waals surface area contributed by atoms with Crippen molar-refractivity contribution in [3.05, 3.63) is 34.9 Å². The van der Waals surface area contributed by atoms with Crippen LogP contribution in [-0.2, 0) is 25.5 Å². The quantitative estimate of drug-likeness (QED) is 0.610. The molecule has 3 aliphatic rings. The monoisotopic (exact) mass is 452 g/mol. The van der Waals surface area contributed by atoms with E-state index in [9.17, 15) is 22.8 Å². The summed E-state index contributed by atoms with van der Waals surface area (Å²) in [5, 5.41) is 0. The minimum Gasteiger partial charge on any atom is -0.497 e. The maximum atomic E-state index is 12.9. The van der Waals surface area contributed by atoms with E-state index in [1.54, 1.807) is 7.11 Å².